The first-order chi connectivity index (χ1) is 11.1. The molecule has 2 N–H and O–H groups in total. The molecule has 5 heteroatoms. The van der Waals surface area contributed by atoms with Crippen LogP contribution in [0.2, 0.25) is 5.02 Å². The van der Waals surface area contributed by atoms with E-state index in [9.17, 15) is 9.90 Å². The van der Waals surface area contributed by atoms with Crippen molar-refractivity contribution in [3.63, 3.8) is 0 Å². The van der Waals surface area contributed by atoms with E-state index in [0.29, 0.717) is 18.0 Å². The van der Waals surface area contributed by atoms with E-state index < -0.39 is 12.0 Å². The smallest absolute Gasteiger partial charge is 0.321 e. The van der Waals surface area contributed by atoms with Crippen LogP contribution in [0.5, 0.6) is 5.75 Å². The Hall–Kier alpha value is -2.04. The summed E-state index contributed by atoms with van der Waals surface area (Å²) in [6.07, 6.45) is 1.26. The number of benzene rings is 2. The van der Waals surface area contributed by atoms with Crippen LogP contribution < -0.4 is 10.1 Å². The lowest BCUT2D eigenvalue weighted by Crippen LogP contribution is -2.38. The van der Waals surface area contributed by atoms with Gasteiger partial charge in [-0.25, -0.2) is 0 Å². The first-order valence-electron chi connectivity index (χ1n) is 7.57. The van der Waals surface area contributed by atoms with Crippen molar-refractivity contribution in [2.24, 2.45) is 0 Å². The Labute approximate surface area is 140 Å². The predicted octanol–water partition coefficient (Wildman–Crippen LogP) is 3.06. The van der Waals surface area contributed by atoms with Crippen LogP contribution >= 0.6 is 11.6 Å². The van der Waals surface area contributed by atoms with E-state index in [4.69, 9.17) is 16.3 Å². The first-order valence-corrected chi connectivity index (χ1v) is 7.95. The van der Waals surface area contributed by atoms with Crippen molar-refractivity contribution in [2.45, 2.75) is 25.4 Å². The van der Waals surface area contributed by atoms with Crippen molar-refractivity contribution < 1.29 is 14.6 Å². The molecule has 1 aliphatic rings. The van der Waals surface area contributed by atoms with Gasteiger partial charge in [-0.15, -0.1) is 0 Å². The Morgan fingerprint density at radius 1 is 1.30 bits per heavy atom. The molecule has 1 heterocycles. The van der Waals surface area contributed by atoms with Crippen molar-refractivity contribution in [1.82, 2.24) is 5.32 Å². The molecule has 0 spiro atoms. The van der Waals surface area contributed by atoms with Crippen LogP contribution in [-0.4, -0.2) is 23.7 Å². The Morgan fingerprint density at radius 2 is 2.13 bits per heavy atom. The predicted molar refractivity (Wildman–Crippen MR) is 89.1 cm³/mol. The van der Waals surface area contributed by atoms with E-state index in [2.05, 4.69) is 11.4 Å². The minimum absolute atomic E-state index is 0.350. The molecule has 1 unspecified atom stereocenters. The molecule has 0 saturated heterocycles. The van der Waals surface area contributed by atoms with Crippen LogP contribution in [0.3, 0.4) is 0 Å². The maximum absolute atomic E-state index is 11.5. The van der Waals surface area contributed by atoms with Gasteiger partial charge in [0.1, 0.15) is 11.8 Å². The van der Waals surface area contributed by atoms with Gasteiger partial charge in [0.25, 0.3) is 0 Å². The summed E-state index contributed by atoms with van der Waals surface area (Å²) < 4.78 is 5.48. The zero-order valence-corrected chi connectivity index (χ0v) is 13.3. The summed E-state index contributed by atoms with van der Waals surface area (Å²) in [6, 6.07) is 12.6. The first kappa shape index (κ1) is 15.8. The fraction of sp³-hybridized carbons (Fsp3) is 0.278. The number of ether oxygens (including phenoxy) is 1. The van der Waals surface area contributed by atoms with Gasteiger partial charge < -0.3 is 15.2 Å². The van der Waals surface area contributed by atoms with Crippen LogP contribution in [0, 0.1) is 0 Å². The van der Waals surface area contributed by atoms with Crippen molar-refractivity contribution in [3.05, 3.63) is 64.2 Å². The number of aliphatic carboxylic acids is 1. The molecule has 3 rings (SSSR count). The number of hydrogen-bond donors (Lipinski definition) is 2. The maximum atomic E-state index is 11.5. The Bertz CT molecular complexity index is 717. The Kier molecular flexibility index (Phi) is 4.84. The lowest BCUT2D eigenvalue weighted by Gasteiger charge is -2.15. The third-order valence-electron chi connectivity index (χ3n) is 3.99. The molecule has 2 aromatic rings. The zero-order chi connectivity index (χ0) is 16.2. The normalized spacial score (nSPS) is 14.1. The molecule has 120 valence electrons. The van der Waals surface area contributed by atoms with E-state index >= 15 is 0 Å². The number of halogens is 1. The zero-order valence-electron chi connectivity index (χ0n) is 12.6. The second-order valence-corrected chi connectivity index (χ2v) is 6.01. The molecule has 1 aliphatic heterocycles. The van der Waals surface area contributed by atoms with Crippen LogP contribution in [0.4, 0.5) is 0 Å². The summed E-state index contributed by atoms with van der Waals surface area (Å²) in [5.41, 5.74) is 3.07. The number of hydrogen-bond acceptors (Lipinski definition) is 3. The summed E-state index contributed by atoms with van der Waals surface area (Å²) in [5.74, 6) is 0.0500. The topological polar surface area (TPSA) is 58.6 Å². The highest BCUT2D eigenvalue weighted by atomic mass is 35.5. The number of carboxylic acid groups (broad SMARTS) is 1. The lowest BCUT2D eigenvalue weighted by molar-refractivity contribution is -0.139. The molecular formula is C18H18ClNO3. The van der Waals surface area contributed by atoms with E-state index in [0.717, 1.165) is 29.9 Å². The standard InChI is InChI=1S/C18H18ClNO3/c19-15-4-2-1-3-13(15)10-16(18(21)22)20-11-12-5-6-17-14(9-12)7-8-23-17/h1-6,9,16,20H,7-8,10-11H2,(H,21,22). The molecule has 4 nitrogen and oxygen atoms in total. The third kappa shape index (κ3) is 3.84. The van der Waals surface area contributed by atoms with Crippen LogP contribution in [0.1, 0.15) is 16.7 Å². The average Bonchev–Trinajstić information content (AvgIpc) is 3.00. The molecule has 2 aromatic carbocycles. The van der Waals surface area contributed by atoms with Crippen molar-refractivity contribution >= 4 is 17.6 Å². The van der Waals surface area contributed by atoms with Gasteiger partial charge in [-0.05, 0) is 35.2 Å². The second-order valence-electron chi connectivity index (χ2n) is 5.61. The second kappa shape index (κ2) is 7.02. The molecule has 0 radical (unpaired) electrons. The van der Waals surface area contributed by atoms with E-state index in [1.165, 1.54) is 5.56 Å². The van der Waals surface area contributed by atoms with Gasteiger partial charge in [-0.1, -0.05) is 41.9 Å². The number of fused-ring (bicyclic) bond motifs is 1. The van der Waals surface area contributed by atoms with E-state index in [1.807, 2.05) is 30.3 Å². The van der Waals surface area contributed by atoms with Gasteiger partial charge in [-0.3, -0.25) is 4.79 Å². The van der Waals surface area contributed by atoms with Crippen molar-refractivity contribution in [1.29, 1.82) is 0 Å². The van der Waals surface area contributed by atoms with E-state index in [1.54, 1.807) is 6.07 Å². The molecular weight excluding hydrogens is 314 g/mol. The molecule has 0 fully saturated rings. The highest BCUT2D eigenvalue weighted by Crippen LogP contribution is 2.26. The Morgan fingerprint density at radius 3 is 2.91 bits per heavy atom. The van der Waals surface area contributed by atoms with Crippen LogP contribution in [0.15, 0.2) is 42.5 Å². The Balaban J connectivity index is 1.66. The molecule has 0 aromatic heterocycles. The van der Waals surface area contributed by atoms with Gasteiger partial charge in [0, 0.05) is 18.0 Å². The summed E-state index contributed by atoms with van der Waals surface area (Å²) in [4.78, 5) is 11.5. The molecule has 0 amide bonds. The third-order valence-corrected chi connectivity index (χ3v) is 4.36. The fourth-order valence-corrected chi connectivity index (χ4v) is 2.93. The summed E-state index contributed by atoms with van der Waals surface area (Å²) >= 11 is 6.12. The maximum Gasteiger partial charge on any atom is 0.321 e. The number of nitrogens with one attached hydrogen (secondary N) is 1. The lowest BCUT2D eigenvalue weighted by atomic mass is 10.0. The van der Waals surface area contributed by atoms with Gasteiger partial charge in [-0.2, -0.15) is 0 Å². The quantitative estimate of drug-likeness (QED) is 0.854. The SMILES string of the molecule is O=C(O)C(Cc1ccccc1Cl)NCc1ccc2c(c1)CCO2. The summed E-state index contributed by atoms with van der Waals surface area (Å²) in [7, 11) is 0. The fourth-order valence-electron chi connectivity index (χ4n) is 2.72. The number of carbonyl (C=O) groups is 1. The molecule has 1 atom stereocenters. The molecule has 0 saturated carbocycles. The number of carboxylic acids is 1. The van der Waals surface area contributed by atoms with Crippen molar-refractivity contribution in [3.8, 4) is 5.75 Å². The minimum Gasteiger partial charge on any atom is -0.493 e. The minimum atomic E-state index is -0.880. The van der Waals surface area contributed by atoms with Crippen molar-refractivity contribution in [2.75, 3.05) is 6.61 Å². The largest absolute Gasteiger partial charge is 0.493 e. The molecule has 0 aliphatic carbocycles. The average molecular weight is 332 g/mol. The van der Waals surface area contributed by atoms with Crippen LogP contribution in [-0.2, 0) is 24.2 Å². The highest BCUT2D eigenvalue weighted by molar-refractivity contribution is 6.31. The monoisotopic (exact) mass is 331 g/mol. The highest BCUT2D eigenvalue weighted by Gasteiger charge is 2.19. The van der Waals surface area contributed by atoms with Gasteiger partial charge >= 0.3 is 5.97 Å². The van der Waals surface area contributed by atoms with Gasteiger partial charge in [0.05, 0.1) is 6.61 Å². The van der Waals surface area contributed by atoms with E-state index in [-0.39, 0.29) is 0 Å². The van der Waals surface area contributed by atoms with Crippen LogP contribution in [0.25, 0.3) is 0 Å². The molecule has 23 heavy (non-hydrogen) atoms. The van der Waals surface area contributed by atoms with Gasteiger partial charge in [0.15, 0.2) is 0 Å². The van der Waals surface area contributed by atoms with Gasteiger partial charge in [0.2, 0.25) is 0 Å². The summed E-state index contributed by atoms with van der Waals surface area (Å²) in [5, 5.41) is 13.1. The number of rotatable bonds is 6. The molecule has 0 bridgehead atoms. The summed E-state index contributed by atoms with van der Waals surface area (Å²) in [6.45, 7) is 1.21.